The molecule has 6 heteroatoms. The number of pyridine rings is 1. The van der Waals surface area contributed by atoms with E-state index in [0.717, 1.165) is 16.5 Å². The van der Waals surface area contributed by atoms with Crippen molar-refractivity contribution in [2.45, 2.75) is 26.9 Å². The van der Waals surface area contributed by atoms with Gasteiger partial charge in [0.05, 0.1) is 16.8 Å². The topological polar surface area (TPSA) is 68.3 Å². The molecule has 0 saturated heterocycles. The molecule has 1 heterocycles. The SMILES string of the molecule is Cc1nc2ccccc2c(C)c1C(=O)O[C@H](C)C(=O)Nc1ccc(F)cc1. The van der Waals surface area contributed by atoms with E-state index in [1.807, 2.05) is 31.2 Å². The van der Waals surface area contributed by atoms with Crippen molar-refractivity contribution in [2.24, 2.45) is 0 Å². The summed E-state index contributed by atoms with van der Waals surface area (Å²) in [6.07, 6.45) is -1.02. The van der Waals surface area contributed by atoms with Crippen molar-refractivity contribution < 1.29 is 18.7 Å². The zero-order valence-corrected chi connectivity index (χ0v) is 15.2. The van der Waals surface area contributed by atoms with Crippen molar-refractivity contribution in [1.29, 1.82) is 0 Å². The number of amides is 1. The second-order valence-electron chi connectivity index (χ2n) is 6.26. The second-order valence-corrected chi connectivity index (χ2v) is 6.26. The monoisotopic (exact) mass is 366 g/mol. The number of carbonyl (C=O) groups excluding carboxylic acids is 2. The molecule has 1 amide bonds. The first-order valence-corrected chi connectivity index (χ1v) is 8.50. The van der Waals surface area contributed by atoms with E-state index in [0.29, 0.717) is 16.9 Å². The molecule has 0 aliphatic carbocycles. The molecule has 3 aromatic rings. The maximum absolute atomic E-state index is 12.9. The molecule has 138 valence electrons. The molecular formula is C21H19FN2O3. The van der Waals surface area contributed by atoms with Crippen LogP contribution in [0.2, 0.25) is 0 Å². The Morgan fingerprint density at radius 3 is 2.44 bits per heavy atom. The third-order valence-corrected chi connectivity index (χ3v) is 4.30. The van der Waals surface area contributed by atoms with Crippen LogP contribution in [0.5, 0.6) is 0 Å². The lowest BCUT2D eigenvalue weighted by molar-refractivity contribution is -0.123. The minimum Gasteiger partial charge on any atom is -0.449 e. The fraction of sp³-hybridized carbons (Fsp3) is 0.190. The molecule has 2 aromatic carbocycles. The van der Waals surface area contributed by atoms with Gasteiger partial charge >= 0.3 is 5.97 Å². The number of carbonyl (C=O) groups is 2. The number of aryl methyl sites for hydroxylation is 2. The Bertz CT molecular complexity index is 1020. The quantitative estimate of drug-likeness (QED) is 0.704. The first-order valence-electron chi connectivity index (χ1n) is 8.50. The Balaban J connectivity index is 1.77. The summed E-state index contributed by atoms with van der Waals surface area (Å²) in [5, 5.41) is 3.45. The van der Waals surface area contributed by atoms with Gasteiger partial charge in [-0.15, -0.1) is 0 Å². The number of para-hydroxylation sites is 1. The van der Waals surface area contributed by atoms with Crippen LogP contribution >= 0.6 is 0 Å². The summed E-state index contributed by atoms with van der Waals surface area (Å²) in [6.45, 7) is 5.05. The zero-order chi connectivity index (χ0) is 19.6. The van der Waals surface area contributed by atoms with Crippen molar-refractivity contribution in [3.05, 3.63) is 71.2 Å². The van der Waals surface area contributed by atoms with Crippen LogP contribution in [0.3, 0.4) is 0 Å². The Morgan fingerprint density at radius 2 is 1.74 bits per heavy atom. The highest BCUT2D eigenvalue weighted by Crippen LogP contribution is 2.23. The smallest absolute Gasteiger partial charge is 0.341 e. The van der Waals surface area contributed by atoms with Gasteiger partial charge in [-0.3, -0.25) is 9.78 Å². The van der Waals surface area contributed by atoms with Gasteiger partial charge in [-0.2, -0.15) is 0 Å². The fourth-order valence-electron chi connectivity index (χ4n) is 2.88. The number of halogens is 1. The number of ether oxygens (including phenoxy) is 1. The zero-order valence-electron chi connectivity index (χ0n) is 15.2. The molecule has 0 radical (unpaired) electrons. The van der Waals surface area contributed by atoms with Gasteiger partial charge in [0.25, 0.3) is 5.91 Å². The molecule has 5 nitrogen and oxygen atoms in total. The molecule has 3 rings (SSSR count). The Hall–Kier alpha value is -3.28. The maximum Gasteiger partial charge on any atom is 0.341 e. The summed E-state index contributed by atoms with van der Waals surface area (Å²) in [6, 6.07) is 12.9. The third kappa shape index (κ3) is 3.95. The van der Waals surface area contributed by atoms with E-state index in [2.05, 4.69) is 10.3 Å². The van der Waals surface area contributed by atoms with Gasteiger partial charge in [0.2, 0.25) is 0 Å². The lowest BCUT2D eigenvalue weighted by Crippen LogP contribution is -2.30. The van der Waals surface area contributed by atoms with Gasteiger partial charge in [0.1, 0.15) is 5.82 Å². The van der Waals surface area contributed by atoms with E-state index in [1.165, 1.54) is 31.2 Å². The number of rotatable bonds is 4. The van der Waals surface area contributed by atoms with Crippen molar-refractivity contribution in [3.63, 3.8) is 0 Å². The average molecular weight is 366 g/mol. The van der Waals surface area contributed by atoms with E-state index < -0.39 is 23.8 Å². The minimum atomic E-state index is -1.02. The number of hydrogen-bond donors (Lipinski definition) is 1. The average Bonchev–Trinajstić information content (AvgIpc) is 2.63. The molecular weight excluding hydrogens is 347 g/mol. The van der Waals surface area contributed by atoms with E-state index >= 15 is 0 Å². The van der Waals surface area contributed by atoms with Gasteiger partial charge in [-0.1, -0.05) is 18.2 Å². The fourth-order valence-corrected chi connectivity index (χ4v) is 2.88. The third-order valence-electron chi connectivity index (χ3n) is 4.30. The number of aromatic nitrogens is 1. The standard InChI is InChI=1S/C21H19FN2O3/c1-12-17-6-4-5-7-18(17)23-13(2)19(12)21(26)27-14(3)20(25)24-16-10-8-15(22)9-11-16/h4-11,14H,1-3H3,(H,24,25)/t14-/m1/s1. The molecule has 0 bridgehead atoms. The number of nitrogens with one attached hydrogen (secondary N) is 1. The molecule has 1 atom stereocenters. The van der Waals surface area contributed by atoms with Crippen LogP contribution in [-0.4, -0.2) is 23.0 Å². The van der Waals surface area contributed by atoms with Crippen LogP contribution in [0.25, 0.3) is 10.9 Å². The van der Waals surface area contributed by atoms with Crippen molar-refractivity contribution in [3.8, 4) is 0 Å². The molecule has 0 spiro atoms. The number of nitrogens with zero attached hydrogens (tertiary/aromatic N) is 1. The number of fused-ring (bicyclic) bond motifs is 1. The number of esters is 1. The highest BCUT2D eigenvalue weighted by atomic mass is 19.1. The molecule has 27 heavy (non-hydrogen) atoms. The normalized spacial score (nSPS) is 11.9. The first-order chi connectivity index (χ1) is 12.9. The Morgan fingerprint density at radius 1 is 1.07 bits per heavy atom. The molecule has 1 N–H and O–H groups in total. The lowest BCUT2D eigenvalue weighted by atomic mass is 10.0. The molecule has 0 saturated carbocycles. The van der Waals surface area contributed by atoms with Crippen LogP contribution < -0.4 is 5.32 Å². The first kappa shape index (κ1) is 18.5. The highest BCUT2D eigenvalue weighted by Gasteiger charge is 2.23. The minimum absolute atomic E-state index is 0.357. The number of benzene rings is 2. The summed E-state index contributed by atoms with van der Waals surface area (Å²) in [5.74, 6) is -1.51. The van der Waals surface area contributed by atoms with Gasteiger partial charge in [-0.25, -0.2) is 9.18 Å². The van der Waals surface area contributed by atoms with Gasteiger partial charge in [-0.05, 0) is 56.7 Å². The van der Waals surface area contributed by atoms with Crippen LogP contribution in [0, 0.1) is 19.7 Å². The van der Waals surface area contributed by atoms with E-state index in [1.54, 1.807) is 6.92 Å². The Kier molecular flexibility index (Phi) is 5.16. The van der Waals surface area contributed by atoms with Crippen LogP contribution in [0.15, 0.2) is 48.5 Å². The number of hydrogen-bond acceptors (Lipinski definition) is 4. The highest BCUT2D eigenvalue weighted by molar-refractivity contribution is 6.01. The van der Waals surface area contributed by atoms with Crippen molar-refractivity contribution in [1.82, 2.24) is 4.98 Å². The lowest BCUT2D eigenvalue weighted by Gasteiger charge is -2.16. The molecule has 0 aliphatic heterocycles. The summed E-state index contributed by atoms with van der Waals surface area (Å²) >= 11 is 0. The van der Waals surface area contributed by atoms with Crippen LogP contribution in [0.4, 0.5) is 10.1 Å². The summed E-state index contributed by atoms with van der Waals surface area (Å²) in [5.41, 5.74) is 2.88. The van der Waals surface area contributed by atoms with Crippen molar-refractivity contribution in [2.75, 3.05) is 5.32 Å². The largest absolute Gasteiger partial charge is 0.449 e. The second kappa shape index (κ2) is 7.53. The summed E-state index contributed by atoms with van der Waals surface area (Å²) < 4.78 is 18.3. The van der Waals surface area contributed by atoms with Gasteiger partial charge in [0, 0.05) is 11.1 Å². The van der Waals surface area contributed by atoms with Gasteiger partial charge in [0.15, 0.2) is 6.10 Å². The van der Waals surface area contributed by atoms with E-state index in [4.69, 9.17) is 4.74 Å². The predicted octanol–water partition coefficient (Wildman–Crippen LogP) is 4.17. The maximum atomic E-state index is 12.9. The van der Waals surface area contributed by atoms with Gasteiger partial charge < -0.3 is 10.1 Å². The van der Waals surface area contributed by atoms with Crippen molar-refractivity contribution >= 4 is 28.5 Å². The van der Waals surface area contributed by atoms with Crippen LogP contribution in [0.1, 0.15) is 28.5 Å². The van der Waals surface area contributed by atoms with Crippen LogP contribution in [-0.2, 0) is 9.53 Å². The summed E-state index contributed by atoms with van der Waals surface area (Å²) in [4.78, 5) is 29.3. The molecule has 0 unspecified atom stereocenters. The predicted molar refractivity (Wildman–Crippen MR) is 101 cm³/mol. The summed E-state index contributed by atoms with van der Waals surface area (Å²) in [7, 11) is 0. The number of anilines is 1. The molecule has 0 aliphatic rings. The van der Waals surface area contributed by atoms with E-state index in [9.17, 15) is 14.0 Å². The Labute approximate surface area is 156 Å². The molecule has 1 aromatic heterocycles. The van der Waals surface area contributed by atoms with E-state index in [-0.39, 0.29) is 0 Å². The molecule has 0 fully saturated rings.